The maximum absolute atomic E-state index is 12.2. The normalized spacial score (nSPS) is 12.9. The second-order valence-corrected chi connectivity index (χ2v) is 7.53. The first-order valence-corrected chi connectivity index (χ1v) is 10.2. The van der Waals surface area contributed by atoms with Crippen molar-refractivity contribution in [3.63, 3.8) is 0 Å². The summed E-state index contributed by atoms with van der Waals surface area (Å²) in [5, 5.41) is 3.04. The Bertz CT molecular complexity index is 808. The minimum atomic E-state index is -0.0621. The quantitative estimate of drug-likeness (QED) is 0.446. The molecule has 4 nitrogen and oxygen atoms in total. The molecule has 29 heavy (non-hydrogen) atoms. The number of aromatic nitrogens is 1. The van der Waals surface area contributed by atoms with E-state index in [1.165, 1.54) is 11.1 Å². The van der Waals surface area contributed by atoms with Crippen LogP contribution < -0.4 is 10.1 Å². The molecule has 0 saturated carbocycles. The molecule has 1 aromatic heterocycles. The second kappa shape index (κ2) is 11.8. The summed E-state index contributed by atoms with van der Waals surface area (Å²) in [7, 11) is 1.66. The van der Waals surface area contributed by atoms with E-state index in [2.05, 4.69) is 30.2 Å². The van der Waals surface area contributed by atoms with Crippen molar-refractivity contribution < 1.29 is 9.53 Å². The predicted octanol–water partition coefficient (Wildman–Crippen LogP) is 5.21. The number of methoxy groups -OCH3 is 1. The summed E-state index contributed by atoms with van der Waals surface area (Å²) in [6.45, 7) is 6.34. The van der Waals surface area contributed by atoms with Crippen LogP contribution in [0.25, 0.3) is 5.57 Å². The Morgan fingerprint density at radius 3 is 2.55 bits per heavy atom. The highest BCUT2D eigenvalue weighted by molar-refractivity contribution is 5.88. The number of ether oxygens (including phenoxy) is 1. The number of amides is 1. The fraction of sp³-hybridized carbons (Fsp3) is 0.360. The van der Waals surface area contributed by atoms with Gasteiger partial charge in [-0.25, -0.2) is 0 Å². The molecule has 154 valence electrons. The van der Waals surface area contributed by atoms with Crippen molar-refractivity contribution in [2.75, 3.05) is 7.11 Å². The third-order valence-electron chi connectivity index (χ3n) is 4.78. The van der Waals surface area contributed by atoms with Gasteiger partial charge >= 0.3 is 0 Å². The number of carbonyl (C=O) groups is 1. The Hall–Kier alpha value is -2.88. The van der Waals surface area contributed by atoms with E-state index in [0.717, 1.165) is 30.6 Å². The first-order chi connectivity index (χ1) is 14.0. The van der Waals surface area contributed by atoms with E-state index in [1.54, 1.807) is 19.4 Å². The maximum Gasteiger partial charge on any atom is 0.244 e. The lowest BCUT2D eigenvalue weighted by Gasteiger charge is -2.13. The molecular formula is C25H32N2O2. The molecule has 0 radical (unpaired) electrons. The lowest BCUT2D eigenvalue weighted by atomic mass is 9.95. The van der Waals surface area contributed by atoms with Crippen LogP contribution in [0.3, 0.4) is 0 Å². The fourth-order valence-electron chi connectivity index (χ4n) is 3.17. The first-order valence-electron chi connectivity index (χ1n) is 10.2. The molecule has 0 aliphatic heterocycles. The van der Waals surface area contributed by atoms with E-state index in [0.29, 0.717) is 5.92 Å². The van der Waals surface area contributed by atoms with Crippen LogP contribution in [0, 0.1) is 5.92 Å². The molecule has 0 saturated heterocycles. The van der Waals surface area contributed by atoms with Crippen molar-refractivity contribution >= 4 is 11.5 Å². The SMILES string of the molecule is COc1ccc(C(=CC=CC(=O)N[C@H](C)CCCc2cccnc2)C(C)C)cc1. The van der Waals surface area contributed by atoms with Crippen LogP contribution in [0.4, 0.5) is 0 Å². The van der Waals surface area contributed by atoms with Gasteiger partial charge in [0.15, 0.2) is 0 Å². The predicted molar refractivity (Wildman–Crippen MR) is 120 cm³/mol. The summed E-state index contributed by atoms with van der Waals surface area (Å²) >= 11 is 0. The molecule has 2 rings (SSSR count). The summed E-state index contributed by atoms with van der Waals surface area (Å²) in [4.78, 5) is 16.3. The maximum atomic E-state index is 12.2. The monoisotopic (exact) mass is 392 g/mol. The zero-order valence-corrected chi connectivity index (χ0v) is 17.9. The summed E-state index contributed by atoms with van der Waals surface area (Å²) in [5.74, 6) is 1.12. The molecule has 0 bridgehead atoms. The number of pyridine rings is 1. The highest BCUT2D eigenvalue weighted by Crippen LogP contribution is 2.25. The molecule has 1 atom stereocenters. The van der Waals surface area contributed by atoms with Gasteiger partial charge in [0.1, 0.15) is 5.75 Å². The lowest BCUT2D eigenvalue weighted by molar-refractivity contribution is -0.117. The summed E-state index contributed by atoms with van der Waals surface area (Å²) < 4.78 is 5.22. The molecule has 0 spiro atoms. The van der Waals surface area contributed by atoms with Crippen molar-refractivity contribution in [2.24, 2.45) is 5.92 Å². The van der Waals surface area contributed by atoms with Crippen molar-refractivity contribution in [2.45, 2.75) is 46.1 Å². The smallest absolute Gasteiger partial charge is 0.244 e. The van der Waals surface area contributed by atoms with Crippen LogP contribution in [-0.2, 0) is 11.2 Å². The Morgan fingerprint density at radius 2 is 1.93 bits per heavy atom. The zero-order chi connectivity index (χ0) is 21.1. The molecule has 1 heterocycles. The first kappa shape index (κ1) is 22.4. The van der Waals surface area contributed by atoms with Gasteiger partial charge in [-0.05, 0) is 67.0 Å². The van der Waals surface area contributed by atoms with Gasteiger partial charge in [-0.15, -0.1) is 0 Å². The average molecular weight is 393 g/mol. The molecule has 2 aromatic rings. The molecule has 0 unspecified atom stereocenters. The van der Waals surface area contributed by atoms with Gasteiger partial charge in [-0.2, -0.15) is 0 Å². The van der Waals surface area contributed by atoms with Gasteiger partial charge in [0.05, 0.1) is 7.11 Å². The molecular weight excluding hydrogens is 360 g/mol. The summed E-state index contributed by atoms with van der Waals surface area (Å²) in [6, 6.07) is 12.2. The Balaban J connectivity index is 1.85. The third-order valence-corrected chi connectivity index (χ3v) is 4.78. The Labute approximate surface area is 174 Å². The van der Waals surface area contributed by atoms with E-state index < -0.39 is 0 Å². The number of hydrogen-bond donors (Lipinski definition) is 1. The van der Waals surface area contributed by atoms with E-state index in [4.69, 9.17) is 4.74 Å². The third kappa shape index (κ3) is 7.94. The van der Waals surface area contributed by atoms with Gasteiger partial charge in [-0.3, -0.25) is 9.78 Å². The average Bonchev–Trinajstić information content (AvgIpc) is 2.72. The molecule has 1 N–H and O–H groups in total. The Morgan fingerprint density at radius 1 is 1.17 bits per heavy atom. The Kier molecular flexibility index (Phi) is 9.16. The number of allylic oxidation sites excluding steroid dienone is 3. The van der Waals surface area contributed by atoms with Gasteiger partial charge in [0.2, 0.25) is 5.91 Å². The molecule has 1 aromatic carbocycles. The van der Waals surface area contributed by atoms with Gasteiger partial charge < -0.3 is 10.1 Å². The molecule has 1 amide bonds. The lowest BCUT2D eigenvalue weighted by Crippen LogP contribution is -2.31. The minimum absolute atomic E-state index is 0.0621. The molecule has 0 fully saturated rings. The molecule has 0 aliphatic carbocycles. The van der Waals surface area contributed by atoms with Crippen LogP contribution in [0.5, 0.6) is 5.75 Å². The highest BCUT2D eigenvalue weighted by atomic mass is 16.5. The van der Waals surface area contributed by atoms with Crippen molar-refractivity contribution in [3.05, 3.63) is 78.1 Å². The largest absolute Gasteiger partial charge is 0.497 e. The van der Waals surface area contributed by atoms with E-state index in [1.807, 2.05) is 55.6 Å². The van der Waals surface area contributed by atoms with Crippen molar-refractivity contribution in [3.8, 4) is 5.75 Å². The van der Waals surface area contributed by atoms with Gasteiger partial charge in [-0.1, -0.05) is 44.2 Å². The van der Waals surface area contributed by atoms with Crippen LogP contribution >= 0.6 is 0 Å². The van der Waals surface area contributed by atoms with Crippen LogP contribution in [-0.4, -0.2) is 24.0 Å². The zero-order valence-electron chi connectivity index (χ0n) is 17.9. The van der Waals surface area contributed by atoms with Gasteiger partial charge in [0, 0.05) is 24.5 Å². The summed E-state index contributed by atoms with van der Waals surface area (Å²) in [6.07, 6.45) is 12.1. The van der Waals surface area contributed by atoms with Crippen LogP contribution in [0.1, 0.15) is 44.7 Å². The second-order valence-electron chi connectivity index (χ2n) is 7.53. The number of nitrogens with zero attached hydrogens (tertiary/aromatic N) is 1. The number of benzene rings is 1. The number of nitrogens with one attached hydrogen (secondary N) is 1. The van der Waals surface area contributed by atoms with E-state index >= 15 is 0 Å². The van der Waals surface area contributed by atoms with Crippen molar-refractivity contribution in [1.29, 1.82) is 0 Å². The standard InChI is InChI=1S/C25H32N2O2/c1-19(2)24(22-13-15-23(29-4)16-14-22)11-6-12-25(28)27-20(3)8-5-9-21-10-7-17-26-18-21/h6-7,10-20H,5,8-9H2,1-4H3,(H,27,28)/t20-/m1/s1. The highest BCUT2D eigenvalue weighted by Gasteiger charge is 2.07. The number of hydrogen-bond acceptors (Lipinski definition) is 3. The molecule has 4 heteroatoms. The minimum Gasteiger partial charge on any atom is -0.497 e. The summed E-state index contributed by atoms with van der Waals surface area (Å²) in [5.41, 5.74) is 3.55. The van der Waals surface area contributed by atoms with Crippen molar-refractivity contribution in [1.82, 2.24) is 10.3 Å². The number of carbonyl (C=O) groups excluding carboxylic acids is 1. The van der Waals surface area contributed by atoms with E-state index in [9.17, 15) is 4.79 Å². The van der Waals surface area contributed by atoms with Gasteiger partial charge in [0.25, 0.3) is 0 Å². The molecule has 0 aliphatic rings. The number of rotatable bonds is 10. The topological polar surface area (TPSA) is 51.2 Å². The van der Waals surface area contributed by atoms with Crippen LogP contribution in [0.2, 0.25) is 0 Å². The number of aryl methyl sites for hydroxylation is 1. The fourth-order valence-corrected chi connectivity index (χ4v) is 3.17. The van der Waals surface area contributed by atoms with Crippen LogP contribution in [0.15, 0.2) is 67.0 Å². The van der Waals surface area contributed by atoms with E-state index in [-0.39, 0.29) is 11.9 Å².